The summed E-state index contributed by atoms with van der Waals surface area (Å²) < 4.78 is 10.2. The number of ether oxygens (including phenoxy) is 2. The first kappa shape index (κ1) is 17.4. The number of nitrogens with two attached hydrogens (primary N) is 1. The molecule has 0 aromatic heterocycles. The number of carbonyl (C=O) groups is 2. The quantitative estimate of drug-likeness (QED) is 0.581. The zero-order valence-corrected chi connectivity index (χ0v) is 13.8. The summed E-state index contributed by atoms with van der Waals surface area (Å²) in [6.07, 6.45) is 0. The molecule has 0 atom stereocenters. The van der Waals surface area contributed by atoms with Crippen LogP contribution in [-0.4, -0.2) is 26.0 Å². The fraction of sp³-hybridized carbons (Fsp3) is 0.125. The first-order valence-electron chi connectivity index (χ1n) is 6.84. The molecule has 2 aromatic carbocycles. The molecule has 0 aliphatic heterocycles. The molecule has 0 saturated carbocycles. The van der Waals surface area contributed by atoms with Gasteiger partial charge >= 0.3 is 11.8 Å². The van der Waals surface area contributed by atoms with Gasteiger partial charge in [0.05, 0.1) is 30.6 Å². The molecule has 0 aliphatic rings. The first-order valence-corrected chi connectivity index (χ1v) is 7.21. The molecule has 0 aliphatic carbocycles. The summed E-state index contributed by atoms with van der Waals surface area (Å²) in [4.78, 5) is 24.0. The number of nitrogen functional groups attached to an aromatic ring is 1. The maximum absolute atomic E-state index is 12.0. The van der Waals surface area contributed by atoms with E-state index in [1.165, 1.54) is 26.4 Å². The summed E-state index contributed by atoms with van der Waals surface area (Å²) in [5.41, 5.74) is 6.66. The molecule has 0 fully saturated rings. The van der Waals surface area contributed by atoms with Gasteiger partial charge in [-0.05, 0) is 30.3 Å². The van der Waals surface area contributed by atoms with Crippen LogP contribution in [0.5, 0.6) is 11.5 Å². The molecule has 2 rings (SSSR count). The van der Waals surface area contributed by atoms with Crippen LogP contribution in [0.15, 0.2) is 36.4 Å². The number of anilines is 3. The lowest BCUT2D eigenvalue weighted by Crippen LogP contribution is -2.29. The Bertz CT molecular complexity index is 780. The average molecular weight is 350 g/mol. The van der Waals surface area contributed by atoms with Crippen molar-refractivity contribution < 1.29 is 19.1 Å². The lowest BCUT2D eigenvalue weighted by Gasteiger charge is -2.12. The van der Waals surface area contributed by atoms with E-state index < -0.39 is 11.8 Å². The summed E-state index contributed by atoms with van der Waals surface area (Å²) in [5.74, 6) is -0.781. The van der Waals surface area contributed by atoms with Gasteiger partial charge in [0.25, 0.3) is 0 Å². The first-order chi connectivity index (χ1) is 11.4. The molecule has 126 valence electrons. The van der Waals surface area contributed by atoms with Crippen molar-refractivity contribution >= 4 is 40.5 Å². The fourth-order valence-corrected chi connectivity index (χ4v) is 2.05. The highest BCUT2D eigenvalue weighted by molar-refractivity contribution is 6.44. The zero-order valence-electron chi connectivity index (χ0n) is 13.1. The van der Waals surface area contributed by atoms with Crippen molar-refractivity contribution in [2.24, 2.45) is 0 Å². The van der Waals surface area contributed by atoms with Gasteiger partial charge in [0.2, 0.25) is 0 Å². The summed E-state index contributed by atoms with van der Waals surface area (Å²) in [6, 6.07) is 9.32. The third-order valence-corrected chi connectivity index (χ3v) is 3.45. The molecule has 0 spiro atoms. The molecule has 0 saturated heterocycles. The highest BCUT2D eigenvalue weighted by Gasteiger charge is 2.17. The summed E-state index contributed by atoms with van der Waals surface area (Å²) in [6.45, 7) is 0. The van der Waals surface area contributed by atoms with Crippen LogP contribution in [0, 0.1) is 0 Å². The second-order valence-electron chi connectivity index (χ2n) is 4.71. The van der Waals surface area contributed by atoms with Crippen LogP contribution in [0.4, 0.5) is 17.1 Å². The van der Waals surface area contributed by atoms with Gasteiger partial charge in [0.15, 0.2) is 0 Å². The van der Waals surface area contributed by atoms with Gasteiger partial charge in [-0.2, -0.15) is 0 Å². The molecule has 24 heavy (non-hydrogen) atoms. The molecule has 0 bridgehead atoms. The number of benzene rings is 2. The molecular weight excluding hydrogens is 334 g/mol. The maximum atomic E-state index is 12.0. The SMILES string of the molecule is COc1ccc(NC(=O)C(=O)Nc2ccc(N)c(Cl)c2)c(OC)c1. The Balaban J connectivity index is 2.08. The smallest absolute Gasteiger partial charge is 0.314 e. The Hall–Kier alpha value is -2.93. The van der Waals surface area contributed by atoms with Crippen LogP contribution in [-0.2, 0) is 9.59 Å². The molecule has 8 heteroatoms. The summed E-state index contributed by atoms with van der Waals surface area (Å²) in [7, 11) is 2.96. The molecule has 7 nitrogen and oxygen atoms in total. The van der Waals surface area contributed by atoms with E-state index >= 15 is 0 Å². The van der Waals surface area contributed by atoms with Crippen molar-refractivity contribution in [2.75, 3.05) is 30.6 Å². The van der Waals surface area contributed by atoms with Crippen LogP contribution in [0.25, 0.3) is 0 Å². The second kappa shape index (κ2) is 7.56. The minimum Gasteiger partial charge on any atom is -0.497 e. The standard InChI is InChI=1S/C16H16ClN3O4/c1-23-10-4-6-13(14(8-10)24-2)20-16(22)15(21)19-9-3-5-12(18)11(17)7-9/h3-8H,18H2,1-2H3,(H,19,21)(H,20,22). The Morgan fingerprint density at radius 1 is 1.00 bits per heavy atom. The Morgan fingerprint density at radius 3 is 2.33 bits per heavy atom. The number of hydrogen-bond acceptors (Lipinski definition) is 5. The van der Waals surface area contributed by atoms with Gasteiger partial charge in [-0.3, -0.25) is 9.59 Å². The summed E-state index contributed by atoms with van der Waals surface area (Å²) in [5, 5.41) is 5.19. The van der Waals surface area contributed by atoms with Crippen molar-refractivity contribution in [2.45, 2.75) is 0 Å². The molecule has 4 N–H and O–H groups in total. The number of methoxy groups -OCH3 is 2. The van der Waals surface area contributed by atoms with E-state index in [9.17, 15) is 9.59 Å². The fourth-order valence-electron chi connectivity index (χ4n) is 1.87. The van der Waals surface area contributed by atoms with Gasteiger partial charge in [-0.15, -0.1) is 0 Å². The third kappa shape index (κ3) is 4.08. The highest BCUT2D eigenvalue weighted by Crippen LogP contribution is 2.29. The van der Waals surface area contributed by atoms with E-state index in [0.717, 1.165) is 0 Å². The normalized spacial score (nSPS) is 9.96. The Kier molecular flexibility index (Phi) is 5.49. The van der Waals surface area contributed by atoms with Crippen LogP contribution in [0.2, 0.25) is 5.02 Å². The number of hydrogen-bond donors (Lipinski definition) is 3. The number of halogens is 1. The van der Waals surface area contributed by atoms with Gasteiger partial charge < -0.3 is 25.8 Å². The van der Waals surface area contributed by atoms with Crippen molar-refractivity contribution in [3.8, 4) is 11.5 Å². The van der Waals surface area contributed by atoms with Gasteiger partial charge in [0.1, 0.15) is 11.5 Å². The largest absolute Gasteiger partial charge is 0.497 e. The van der Waals surface area contributed by atoms with Crippen molar-refractivity contribution in [1.82, 2.24) is 0 Å². The number of nitrogens with one attached hydrogen (secondary N) is 2. The van der Waals surface area contributed by atoms with Crippen LogP contribution >= 0.6 is 11.6 Å². The van der Waals surface area contributed by atoms with Crippen molar-refractivity contribution in [3.05, 3.63) is 41.4 Å². The molecule has 0 heterocycles. The van der Waals surface area contributed by atoms with E-state index in [1.54, 1.807) is 24.3 Å². The Morgan fingerprint density at radius 2 is 1.71 bits per heavy atom. The van der Waals surface area contributed by atoms with Crippen molar-refractivity contribution in [3.63, 3.8) is 0 Å². The van der Waals surface area contributed by atoms with Crippen molar-refractivity contribution in [1.29, 1.82) is 0 Å². The van der Waals surface area contributed by atoms with E-state index in [-0.39, 0.29) is 5.02 Å². The van der Waals surface area contributed by atoms with E-state index in [2.05, 4.69) is 10.6 Å². The number of rotatable bonds is 4. The van der Waals surface area contributed by atoms with E-state index in [4.69, 9.17) is 26.8 Å². The van der Waals surface area contributed by atoms with E-state index in [1.807, 2.05) is 0 Å². The van der Waals surface area contributed by atoms with Gasteiger partial charge in [-0.1, -0.05) is 11.6 Å². The lowest BCUT2D eigenvalue weighted by atomic mass is 10.2. The predicted molar refractivity (Wildman–Crippen MR) is 92.7 cm³/mol. The number of amides is 2. The van der Waals surface area contributed by atoms with Crippen LogP contribution in [0.1, 0.15) is 0 Å². The molecule has 2 aromatic rings. The second-order valence-corrected chi connectivity index (χ2v) is 5.12. The summed E-state index contributed by atoms with van der Waals surface area (Å²) >= 11 is 5.87. The monoisotopic (exact) mass is 349 g/mol. The minimum absolute atomic E-state index is 0.282. The van der Waals surface area contributed by atoms with E-state index in [0.29, 0.717) is 28.6 Å². The topological polar surface area (TPSA) is 103 Å². The maximum Gasteiger partial charge on any atom is 0.314 e. The van der Waals surface area contributed by atoms with Gasteiger partial charge in [0, 0.05) is 11.8 Å². The highest BCUT2D eigenvalue weighted by atomic mass is 35.5. The molecular formula is C16H16ClN3O4. The third-order valence-electron chi connectivity index (χ3n) is 3.12. The molecule has 2 amide bonds. The van der Waals surface area contributed by atoms with Gasteiger partial charge in [-0.25, -0.2) is 0 Å². The molecule has 0 radical (unpaired) electrons. The number of carbonyl (C=O) groups excluding carboxylic acids is 2. The Labute approximate surface area is 143 Å². The van der Waals surface area contributed by atoms with Crippen LogP contribution < -0.4 is 25.8 Å². The predicted octanol–water partition coefficient (Wildman–Crippen LogP) is 2.52. The minimum atomic E-state index is -0.855. The van der Waals surface area contributed by atoms with Crippen LogP contribution in [0.3, 0.4) is 0 Å². The molecule has 0 unspecified atom stereocenters. The zero-order chi connectivity index (χ0) is 17.7. The lowest BCUT2D eigenvalue weighted by molar-refractivity contribution is -0.133. The average Bonchev–Trinajstić information content (AvgIpc) is 2.58.